The van der Waals surface area contributed by atoms with Crippen molar-refractivity contribution in [3.05, 3.63) is 46.2 Å². The molecule has 1 aromatic heterocycles. The van der Waals surface area contributed by atoms with E-state index in [0.29, 0.717) is 6.54 Å². The van der Waals surface area contributed by atoms with Gasteiger partial charge in [-0.1, -0.05) is 46.6 Å². The predicted molar refractivity (Wildman–Crippen MR) is 66.7 cm³/mol. The first-order valence-electron chi connectivity index (χ1n) is 5.34. The number of methoxy groups -OCH3 is 1. The minimum Gasteiger partial charge on any atom is -0.464 e. The third-order valence-electron chi connectivity index (χ3n) is 2.51. The van der Waals surface area contributed by atoms with Crippen LogP contribution in [0.3, 0.4) is 0 Å². The van der Waals surface area contributed by atoms with Crippen molar-refractivity contribution >= 4 is 17.6 Å². The van der Waals surface area contributed by atoms with Crippen LogP contribution in [0.1, 0.15) is 21.6 Å². The Bertz CT molecular complexity index is 563. The van der Waals surface area contributed by atoms with Crippen LogP contribution in [0.25, 0.3) is 0 Å². The summed E-state index contributed by atoms with van der Waals surface area (Å²) in [6.07, 6.45) is 0. The molecule has 2 aromatic rings. The average Bonchev–Trinajstić information content (AvgIpc) is 2.73. The Hall–Kier alpha value is -1.88. The Balaban J connectivity index is 2.22. The maximum Gasteiger partial charge on any atom is 0.361 e. The zero-order valence-corrected chi connectivity index (χ0v) is 10.8. The number of carbonyl (C=O) groups is 1. The lowest BCUT2D eigenvalue weighted by molar-refractivity contribution is 0.0594. The molecule has 0 spiro atoms. The van der Waals surface area contributed by atoms with Gasteiger partial charge in [-0.05, 0) is 12.5 Å². The van der Waals surface area contributed by atoms with E-state index in [9.17, 15) is 4.79 Å². The molecule has 6 heteroatoms. The second-order valence-electron chi connectivity index (χ2n) is 3.86. The van der Waals surface area contributed by atoms with Crippen molar-refractivity contribution in [2.75, 3.05) is 7.11 Å². The van der Waals surface area contributed by atoms with Crippen LogP contribution in [0.2, 0.25) is 5.15 Å². The van der Waals surface area contributed by atoms with Crippen LogP contribution in [-0.2, 0) is 11.3 Å². The van der Waals surface area contributed by atoms with Crippen LogP contribution >= 0.6 is 11.6 Å². The van der Waals surface area contributed by atoms with E-state index in [1.807, 2.05) is 31.2 Å². The van der Waals surface area contributed by atoms with Crippen molar-refractivity contribution < 1.29 is 9.53 Å². The minimum atomic E-state index is -0.588. The Morgan fingerprint density at radius 3 is 2.67 bits per heavy atom. The van der Waals surface area contributed by atoms with Crippen LogP contribution in [0, 0.1) is 6.92 Å². The second kappa shape index (κ2) is 5.18. The van der Waals surface area contributed by atoms with E-state index >= 15 is 0 Å². The standard InChI is InChI=1S/C12H12ClN3O2/c1-8-3-5-9(6-4-8)7-16-11(13)10(14-15-16)12(17)18-2/h3-6H,7H2,1-2H3. The molecule has 94 valence electrons. The van der Waals surface area contributed by atoms with Gasteiger partial charge in [-0.2, -0.15) is 0 Å². The van der Waals surface area contributed by atoms with Gasteiger partial charge in [0.25, 0.3) is 0 Å². The fraction of sp³-hybridized carbons (Fsp3) is 0.250. The number of aromatic nitrogens is 3. The largest absolute Gasteiger partial charge is 0.464 e. The molecule has 0 aliphatic rings. The molecule has 0 bridgehead atoms. The van der Waals surface area contributed by atoms with Crippen LogP contribution in [-0.4, -0.2) is 28.1 Å². The lowest BCUT2D eigenvalue weighted by Gasteiger charge is -2.03. The van der Waals surface area contributed by atoms with Gasteiger partial charge in [-0.15, -0.1) is 5.10 Å². The molecule has 0 radical (unpaired) electrons. The van der Waals surface area contributed by atoms with Crippen molar-refractivity contribution in [2.24, 2.45) is 0 Å². The second-order valence-corrected chi connectivity index (χ2v) is 4.22. The summed E-state index contributed by atoms with van der Waals surface area (Å²) in [5, 5.41) is 7.73. The van der Waals surface area contributed by atoms with Crippen LogP contribution < -0.4 is 0 Å². The first-order chi connectivity index (χ1) is 8.61. The van der Waals surface area contributed by atoms with Crippen LogP contribution in [0.4, 0.5) is 0 Å². The summed E-state index contributed by atoms with van der Waals surface area (Å²) >= 11 is 6.02. The smallest absolute Gasteiger partial charge is 0.361 e. The van der Waals surface area contributed by atoms with E-state index in [4.69, 9.17) is 11.6 Å². The first kappa shape index (κ1) is 12.6. The first-order valence-corrected chi connectivity index (χ1v) is 5.72. The number of hydrogen-bond acceptors (Lipinski definition) is 4. The SMILES string of the molecule is COC(=O)c1nnn(Cc2ccc(C)cc2)c1Cl. The number of carbonyl (C=O) groups excluding carboxylic acids is 1. The molecule has 0 saturated heterocycles. The molecular formula is C12H12ClN3O2. The van der Waals surface area contributed by atoms with Crippen molar-refractivity contribution in [3.8, 4) is 0 Å². The predicted octanol–water partition coefficient (Wildman–Crippen LogP) is 2.07. The topological polar surface area (TPSA) is 57.0 Å². The van der Waals surface area contributed by atoms with E-state index in [1.54, 1.807) is 0 Å². The third-order valence-corrected chi connectivity index (χ3v) is 2.88. The fourth-order valence-electron chi connectivity index (χ4n) is 1.49. The van der Waals surface area contributed by atoms with Gasteiger partial charge in [0.15, 0.2) is 5.15 Å². The van der Waals surface area contributed by atoms with Gasteiger partial charge < -0.3 is 4.74 Å². The summed E-state index contributed by atoms with van der Waals surface area (Å²) in [5.74, 6) is -0.588. The summed E-state index contributed by atoms with van der Waals surface area (Å²) in [4.78, 5) is 11.3. The summed E-state index contributed by atoms with van der Waals surface area (Å²) in [7, 11) is 1.28. The molecule has 0 saturated carbocycles. The average molecular weight is 266 g/mol. The summed E-state index contributed by atoms with van der Waals surface area (Å²) in [5.41, 5.74) is 2.24. The number of hydrogen-bond donors (Lipinski definition) is 0. The van der Waals surface area contributed by atoms with Crippen molar-refractivity contribution in [1.29, 1.82) is 0 Å². The van der Waals surface area contributed by atoms with Gasteiger partial charge in [-0.25, -0.2) is 9.48 Å². The number of nitrogens with zero attached hydrogens (tertiary/aromatic N) is 3. The van der Waals surface area contributed by atoms with Crippen LogP contribution in [0.5, 0.6) is 0 Å². The Labute approximate surface area is 109 Å². The highest BCUT2D eigenvalue weighted by atomic mass is 35.5. The monoisotopic (exact) mass is 265 g/mol. The molecule has 0 aliphatic carbocycles. The number of halogens is 1. The molecule has 1 aromatic carbocycles. The van der Waals surface area contributed by atoms with Crippen molar-refractivity contribution in [2.45, 2.75) is 13.5 Å². The number of rotatable bonds is 3. The van der Waals surface area contributed by atoms with Gasteiger partial charge in [-0.3, -0.25) is 0 Å². The van der Waals surface area contributed by atoms with Crippen LogP contribution in [0.15, 0.2) is 24.3 Å². The molecule has 0 amide bonds. The van der Waals surface area contributed by atoms with Gasteiger partial charge >= 0.3 is 5.97 Å². The molecule has 0 unspecified atom stereocenters. The Kier molecular flexibility index (Phi) is 3.62. The third kappa shape index (κ3) is 2.51. The number of benzene rings is 1. The molecular weight excluding hydrogens is 254 g/mol. The van der Waals surface area contributed by atoms with Crippen molar-refractivity contribution in [3.63, 3.8) is 0 Å². The van der Waals surface area contributed by atoms with E-state index in [0.717, 1.165) is 5.56 Å². The quantitative estimate of drug-likeness (QED) is 0.798. The molecule has 18 heavy (non-hydrogen) atoms. The van der Waals surface area contributed by atoms with E-state index in [2.05, 4.69) is 15.0 Å². The summed E-state index contributed by atoms with van der Waals surface area (Å²) in [6, 6.07) is 7.96. The summed E-state index contributed by atoms with van der Waals surface area (Å²) in [6.45, 7) is 2.48. The lowest BCUT2D eigenvalue weighted by atomic mass is 10.1. The van der Waals surface area contributed by atoms with Gasteiger partial charge in [0.1, 0.15) is 0 Å². The van der Waals surface area contributed by atoms with E-state index in [1.165, 1.54) is 17.4 Å². The highest BCUT2D eigenvalue weighted by molar-refractivity contribution is 6.32. The van der Waals surface area contributed by atoms with Gasteiger partial charge in [0.2, 0.25) is 5.69 Å². The minimum absolute atomic E-state index is 0.0336. The Morgan fingerprint density at radius 2 is 2.06 bits per heavy atom. The zero-order chi connectivity index (χ0) is 13.1. The highest BCUT2D eigenvalue weighted by Crippen LogP contribution is 2.15. The fourth-order valence-corrected chi connectivity index (χ4v) is 1.70. The maximum atomic E-state index is 11.3. The molecule has 0 N–H and O–H groups in total. The number of esters is 1. The van der Waals surface area contributed by atoms with E-state index in [-0.39, 0.29) is 10.8 Å². The molecule has 5 nitrogen and oxygen atoms in total. The highest BCUT2D eigenvalue weighted by Gasteiger charge is 2.18. The maximum absolute atomic E-state index is 11.3. The van der Waals surface area contributed by atoms with E-state index < -0.39 is 5.97 Å². The van der Waals surface area contributed by atoms with Crippen molar-refractivity contribution in [1.82, 2.24) is 15.0 Å². The molecule has 2 rings (SSSR count). The number of aryl methyl sites for hydroxylation is 1. The normalized spacial score (nSPS) is 10.4. The van der Waals surface area contributed by atoms with Gasteiger partial charge in [0, 0.05) is 0 Å². The lowest BCUT2D eigenvalue weighted by Crippen LogP contribution is -2.04. The molecule has 0 atom stereocenters. The Morgan fingerprint density at radius 1 is 1.39 bits per heavy atom. The number of ether oxygens (including phenoxy) is 1. The molecule has 0 aliphatic heterocycles. The summed E-state index contributed by atoms with van der Waals surface area (Å²) < 4.78 is 6.01. The molecule has 1 heterocycles. The molecule has 0 fully saturated rings. The van der Waals surface area contributed by atoms with Gasteiger partial charge in [0.05, 0.1) is 13.7 Å². The zero-order valence-electron chi connectivity index (χ0n) is 10.1.